The highest BCUT2D eigenvalue weighted by Gasteiger charge is 2.33. The number of hydrogen-bond acceptors (Lipinski definition) is 8. The number of fused-ring (bicyclic) bond motifs is 1. The second kappa shape index (κ2) is 11.1. The molecule has 6 rings (SSSR count). The molecule has 2 aliphatic heterocycles. The molecule has 40 heavy (non-hydrogen) atoms. The van der Waals surface area contributed by atoms with Crippen molar-refractivity contribution in [1.29, 1.82) is 0 Å². The van der Waals surface area contributed by atoms with E-state index in [1.54, 1.807) is 30.3 Å². The topological polar surface area (TPSA) is 70.4 Å². The largest absolute Gasteiger partial charge is 0.497 e. The molecule has 4 aromatic rings. The number of hydrogen-bond donors (Lipinski definition) is 0. The zero-order valence-corrected chi connectivity index (χ0v) is 23.5. The minimum Gasteiger partial charge on any atom is -0.497 e. The molecule has 0 radical (unpaired) electrons. The number of benzene rings is 2. The monoisotopic (exact) mass is 569 g/mol. The molecule has 0 N–H and O–H groups in total. The van der Waals surface area contributed by atoms with E-state index in [0.29, 0.717) is 45.9 Å². The van der Waals surface area contributed by atoms with E-state index in [-0.39, 0.29) is 11.5 Å². The highest BCUT2D eigenvalue weighted by molar-refractivity contribution is 8.26. The van der Waals surface area contributed by atoms with Crippen molar-refractivity contribution in [1.82, 2.24) is 14.3 Å². The number of methoxy groups -OCH3 is 1. The van der Waals surface area contributed by atoms with Crippen LogP contribution in [-0.2, 0) is 11.3 Å². The standard InChI is InChI=1S/C30H27N5O3S2/c1-38-23-12-10-22(11-13-23)32-15-17-33(18-16-32)27-24(28(36)34-14-6-5-9-26(34)31-27)19-25-29(37)35(30(39)40-25)20-21-7-3-2-4-8-21/h2-14,19H,15-18,20H2,1H3. The van der Waals surface area contributed by atoms with Gasteiger partial charge in [-0.1, -0.05) is 60.4 Å². The molecule has 2 saturated heterocycles. The van der Waals surface area contributed by atoms with Crippen LogP contribution >= 0.6 is 24.0 Å². The fourth-order valence-electron chi connectivity index (χ4n) is 4.96. The summed E-state index contributed by atoms with van der Waals surface area (Å²) in [6.45, 7) is 3.27. The van der Waals surface area contributed by atoms with Gasteiger partial charge in [-0.3, -0.25) is 18.9 Å². The Kier molecular flexibility index (Phi) is 7.27. The quantitative estimate of drug-likeness (QED) is 0.250. The van der Waals surface area contributed by atoms with Gasteiger partial charge in [-0.15, -0.1) is 0 Å². The van der Waals surface area contributed by atoms with Gasteiger partial charge in [0.2, 0.25) is 0 Å². The molecule has 0 bridgehead atoms. The maximum atomic E-state index is 13.7. The van der Waals surface area contributed by atoms with E-state index in [2.05, 4.69) is 21.9 Å². The number of ether oxygens (including phenoxy) is 1. The summed E-state index contributed by atoms with van der Waals surface area (Å²) in [5.41, 5.74) is 2.85. The first kappa shape index (κ1) is 26.1. The van der Waals surface area contributed by atoms with E-state index < -0.39 is 0 Å². The van der Waals surface area contributed by atoms with Crippen LogP contribution in [0.2, 0.25) is 0 Å². The van der Waals surface area contributed by atoms with Crippen molar-refractivity contribution in [2.45, 2.75) is 6.54 Å². The maximum absolute atomic E-state index is 13.7. The lowest BCUT2D eigenvalue weighted by atomic mass is 10.2. The van der Waals surface area contributed by atoms with Crippen LogP contribution in [-0.4, -0.2) is 57.8 Å². The second-order valence-corrected chi connectivity index (χ2v) is 11.2. The van der Waals surface area contributed by atoms with Crippen LogP contribution in [0.3, 0.4) is 0 Å². The molecule has 0 spiro atoms. The van der Waals surface area contributed by atoms with Gasteiger partial charge in [0.15, 0.2) is 0 Å². The number of amides is 1. The van der Waals surface area contributed by atoms with E-state index in [4.69, 9.17) is 21.9 Å². The molecule has 0 atom stereocenters. The molecule has 2 aliphatic rings. The predicted octanol–water partition coefficient (Wildman–Crippen LogP) is 4.43. The summed E-state index contributed by atoms with van der Waals surface area (Å²) in [7, 11) is 1.66. The number of carbonyl (C=O) groups excluding carboxylic acids is 1. The third-order valence-corrected chi connectivity index (χ3v) is 8.48. The summed E-state index contributed by atoms with van der Waals surface area (Å²) < 4.78 is 7.28. The molecule has 2 fully saturated rings. The first-order chi connectivity index (χ1) is 19.5. The summed E-state index contributed by atoms with van der Waals surface area (Å²) in [6, 6.07) is 23.2. The van der Waals surface area contributed by atoms with E-state index in [1.807, 2.05) is 54.6 Å². The van der Waals surface area contributed by atoms with Crippen molar-refractivity contribution in [2.75, 3.05) is 43.1 Å². The number of pyridine rings is 1. The van der Waals surface area contributed by atoms with Crippen LogP contribution in [0.1, 0.15) is 11.1 Å². The van der Waals surface area contributed by atoms with Gasteiger partial charge < -0.3 is 14.5 Å². The molecule has 202 valence electrons. The Morgan fingerprint density at radius 3 is 2.35 bits per heavy atom. The van der Waals surface area contributed by atoms with Crippen LogP contribution in [0, 0.1) is 0 Å². The summed E-state index contributed by atoms with van der Waals surface area (Å²) >= 11 is 6.78. The number of aromatic nitrogens is 2. The lowest BCUT2D eigenvalue weighted by Gasteiger charge is -2.37. The summed E-state index contributed by atoms with van der Waals surface area (Å²) in [4.78, 5) is 38.5. The first-order valence-corrected chi connectivity index (χ1v) is 14.2. The minimum atomic E-state index is -0.216. The van der Waals surface area contributed by atoms with Gasteiger partial charge in [0, 0.05) is 38.1 Å². The van der Waals surface area contributed by atoms with Crippen molar-refractivity contribution >= 4 is 57.4 Å². The Morgan fingerprint density at radius 2 is 1.62 bits per heavy atom. The molecule has 10 heteroatoms. The summed E-state index contributed by atoms with van der Waals surface area (Å²) in [5.74, 6) is 1.20. The van der Waals surface area contributed by atoms with Crippen LogP contribution in [0.25, 0.3) is 11.7 Å². The molecule has 0 unspecified atom stereocenters. The van der Waals surface area contributed by atoms with Crippen molar-refractivity contribution in [2.24, 2.45) is 0 Å². The Balaban J connectivity index is 1.31. The number of thioether (sulfide) groups is 1. The van der Waals surface area contributed by atoms with E-state index in [9.17, 15) is 9.59 Å². The van der Waals surface area contributed by atoms with Gasteiger partial charge >= 0.3 is 0 Å². The lowest BCUT2D eigenvalue weighted by molar-refractivity contribution is -0.122. The third-order valence-electron chi connectivity index (χ3n) is 7.10. The molecule has 0 saturated carbocycles. The third kappa shape index (κ3) is 5.07. The number of piperazine rings is 1. The Labute approximate surface area is 241 Å². The Bertz CT molecular complexity index is 1660. The van der Waals surface area contributed by atoms with Crippen LogP contribution in [0.15, 0.2) is 88.7 Å². The van der Waals surface area contributed by atoms with Gasteiger partial charge in [-0.05, 0) is 48.0 Å². The average Bonchev–Trinajstić information content (AvgIpc) is 3.26. The molecule has 0 aliphatic carbocycles. The Morgan fingerprint density at radius 1 is 0.925 bits per heavy atom. The molecule has 2 aromatic carbocycles. The van der Waals surface area contributed by atoms with Gasteiger partial charge in [-0.25, -0.2) is 4.98 Å². The SMILES string of the molecule is COc1ccc(N2CCN(c3nc4ccccn4c(=O)c3C=C3SC(=S)N(Cc4ccccc4)C3=O)CC2)cc1. The average molecular weight is 570 g/mol. The fourth-order valence-corrected chi connectivity index (χ4v) is 6.20. The van der Waals surface area contributed by atoms with Gasteiger partial charge in [0.05, 0.1) is 24.1 Å². The Hall–Kier alpha value is -4.15. The molecular weight excluding hydrogens is 542 g/mol. The van der Waals surface area contributed by atoms with Crippen molar-refractivity contribution in [3.05, 3.63) is 105 Å². The normalized spacial score (nSPS) is 16.8. The van der Waals surface area contributed by atoms with Crippen LogP contribution in [0.4, 0.5) is 11.5 Å². The second-order valence-electron chi connectivity index (χ2n) is 9.51. The molecular formula is C30H27N5O3S2. The fraction of sp³-hybridized carbons (Fsp3) is 0.200. The zero-order valence-electron chi connectivity index (χ0n) is 21.9. The van der Waals surface area contributed by atoms with Gasteiger partial charge in [0.25, 0.3) is 11.5 Å². The summed E-state index contributed by atoms with van der Waals surface area (Å²) in [5, 5.41) is 0. The zero-order chi connectivity index (χ0) is 27.6. The van der Waals surface area contributed by atoms with E-state index in [0.717, 1.165) is 30.1 Å². The van der Waals surface area contributed by atoms with Crippen LogP contribution in [0.5, 0.6) is 5.75 Å². The van der Waals surface area contributed by atoms with Crippen molar-refractivity contribution in [3.8, 4) is 5.75 Å². The minimum absolute atomic E-state index is 0.202. The number of rotatable bonds is 6. The molecule has 1 amide bonds. The van der Waals surface area contributed by atoms with Gasteiger partial charge in [-0.2, -0.15) is 0 Å². The molecule has 4 heterocycles. The predicted molar refractivity (Wildman–Crippen MR) is 164 cm³/mol. The van der Waals surface area contributed by atoms with Crippen LogP contribution < -0.4 is 20.1 Å². The van der Waals surface area contributed by atoms with Gasteiger partial charge in [0.1, 0.15) is 21.5 Å². The molecule has 2 aromatic heterocycles. The van der Waals surface area contributed by atoms with Crippen molar-refractivity contribution in [3.63, 3.8) is 0 Å². The van der Waals surface area contributed by atoms with Crippen molar-refractivity contribution < 1.29 is 9.53 Å². The highest BCUT2D eigenvalue weighted by Crippen LogP contribution is 2.34. The lowest BCUT2D eigenvalue weighted by Crippen LogP contribution is -2.47. The number of carbonyl (C=O) groups is 1. The highest BCUT2D eigenvalue weighted by atomic mass is 32.2. The smallest absolute Gasteiger partial charge is 0.267 e. The number of nitrogens with zero attached hydrogens (tertiary/aromatic N) is 5. The first-order valence-electron chi connectivity index (χ1n) is 13.0. The number of thiocarbonyl (C=S) groups is 1. The summed E-state index contributed by atoms with van der Waals surface area (Å²) in [6.07, 6.45) is 3.37. The van der Waals surface area contributed by atoms with E-state index >= 15 is 0 Å². The maximum Gasteiger partial charge on any atom is 0.267 e. The molecule has 8 nitrogen and oxygen atoms in total. The number of anilines is 2. The van der Waals surface area contributed by atoms with E-state index in [1.165, 1.54) is 16.2 Å².